The van der Waals surface area contributed by atoms with Crippen molar-refractivity contribution >= 4 is 38.6 Å². The molecule has 3 aromatic rings. The first-order chi connectivity index (χ1) is 9.04. The van der Waals surface area contributed by atoms with Gasteiger partial charge in [0.2, 0.25) is 0 Å². The lowest BCUT2D eigenvalue weighted by atomic mass is 10.2. The van der Waals surface area contributed by atoms with Crippen molar-refractivity contribution in [2.24, 2.45) is 0 Å². The molecule has 0 aliphatic heterocycles. The Kier molecular flexibility index (Phi) is 3.03. The number of aromatic amines is 1. The summed E-state index contributed by atoms with van der Waals surface area (Å²) >= 11 is 9.07. The van der Waals surface area contributed by atoms with Gasteiger partial charge in [-0.2, -0.15) is 0 Å². The predicted molar refractivity (Wildman–Crippen MR) is 74.2 cm³/mol. The molecular weight excluding hydrogens is 338 g/mol. The molecule has 2 aromatic carbocycles. The normalized spacial score (nSPS) is 11.2. The molecule has 0 aliphatic carbocycles. The highest BCUT2D eigenvalue weighted by Gasteiger charge is 2.11. The second kappa shape index (κ2) is 4.58. The van der Waals surface area contributed by atoms with Crippen molar-refractivity contribution in [2.75, 3.05) is 0 Å². The minimum atomic E-state index is -0.418. The highest BCUT2D eigenvalue weighted by Crippen LogP contribution is 2.29. The largest absolute Gasteiger partial charge is 0.338 e. The van der Waals surface area contributed by atoms with Gasteiger partial charge in [-0.15, -0.1) is 0 Å². The summed E-state index contributed by atoms with van der Waals surface area (Å²) in [6.07, 6.45) is 0. The van der Waals surface area contributed by atoms with Gasteiger partial charge in [0.1, 0.15) is 17.5 Å². The number of benzene rings is 2. The number of hydrogen-bond donors (Lipinski definition) is 1. The van der Waals surface area contributed by atoms with E-state index in [0.29, 0.717) is 26.9 Å². The number of aromatic nitrogens is 2. The molecular formula is C13H6BrClF2N2. The number of hydrogen-bond acceptors (Lipinski definition) is 1. The Balaban J connectivity index is 2.20. The summed E-state index contributed by atoms with van der Waals surface area (Å²) in [6, 6.07) is 6.95. The van der Waals surface area contributed by atoms with E-state index in [0.717, 1.165) is 0 Å². The van der Waals surface area contributed by atoms with Gasteiger partial charge < -0.3 is 4.98 Å². The Hall–Kier alpha value is -1.46. The standard InChI is InChI=1S/C13H6BrClF2N2/c14-8-4-11-12(5-10(8)17)19-13(18-11)7-2-1-6(16)3-9(7)15/h1-5H,(H,18,19). The molecule has 0 fully saturated rings. The SMILES string of the molecule is Fc1ccc(-c2nc3cc(Br)c(F)cc3[nH]2)c(Cl)c1. The van der Waals surface area contributed by atoms with E-state index in [-0.39, 0.29) is 10.8 Å². The molecule has 19 heavy (non-hydrogen) atoms. The number of halogens is 4. The summed E-state index contributed by atoms with van der Waals surface area (Å²) in [5.74, 6) is -0.330. The molecule has 0 radical (unpaired) electrons. The Morgan fingerprint density at radius 2 is 1.95 bits per heavy atom. The van der Waals surface area contributed by atoms with E-state index in [1.165, 1.54) is 24.3 Å². The van der Waals surface area contributed by atoms with Crippen molar-refractivity contribution in [1.29, 1.82) is 0 Å². The van der Waals surface area contributed by atoms with Crippen molar-refractivity contribution in [3.05, 3.63) is 51.5 Å². The first kappa shape index (κ1) is 12.6. The van der Waals surface area contributed by atoms with E-state index >= 15 is 0 Å². The molecule has 1 aromatic heterocycles. The number of rotatable bonds is 1. The molecule has 0 spiro atoms. The predicted octanol–water partition coefficient (Wildman–Crippen LogP) is 4.92. The molecule has 3 rings (SSSR count). The maximum atomic E-state index is 13.4. The van der Waals surface area contributed by atoms with Crippen LogP contribution in [0.4, 0.5) is 8.78 Å². The van der Waals surface area contributed by atoms with Crippen LogP contribution in [0.5, 0.6) is 0 Å². The monoisotopic (exact) mass is 342 g/mol. The molecule has 0 aliphatic rings. The summed E-state index contributed by atoms with van der Waals surface area (Å²) in [5, 5.41) is 0.249. The van der Waals surface area contributed by atoms with Crippen LogP contribution in [0.1, 0.15) is 0 Å². The molecule has 96 valence electrons. The Bertz CT molecular complexity index is 747. The van der Waals surface area contributed by atoms with Crippen LogP contribution in [0.15, 0.2) is 34.8 Å². The maximum absolute atomic E-state index is 13.4. The average molecular weight is 344 g/mol. The average Bonchev–Trinajstić information content (AvgIpc) is 2.72. The van der Waals surface area contributed by atoms with Crippen LogP contribution in [0.25, 0.3) is 22.4 Å². The first-order valence-electron chi connectivity index (χ1n) is 5.35. The van der Waals surface area contributed by atoms with Crippen molar-refractivity contribution in [1.82, 2.24) is 9.97 Å². The maximum Gasteiger partial charge on any atom is 0.140 e. The van der Waals surface area contributed by atoms with Crippen LogP contribution >= 0.6 is 27.5 Å². The van der Waals surface area contributed by atoms with E-state index in [4.69, 9.17) is 11.6 Å². The topological polar surface area (TPSA) is 28.7 Å². The number of nitrogens with zero attached hydrogens (tertiary/aromatic N) is 1. The van der Waals surface area contributed by atoms with Crippen molar-refractivity contribution in [3.8, 4) is 11.4 Å². The number of imidazole rings is 1. The molecule has 1 N–H and O–H groups in total. The molecule has 0 unspecified atom stereocenters. The number of fused-ring (bicyclic) bond motifs is 1. The van der Waals surface area contributed by atoms with Gasteiger partial charge in [0.25, 0.3) is 0 Å². The van der Waals surface area contributed by atoms with Gasteiger partial charge in [0.15, 0.2) is 0 Å². The van der Waals surface area contributed by atoms with E-state index in [1.54, 1.807) is 6.07 Å². The molecule has 6 heteroatoms. The molecule has 0 bridgehead atoms. The van der Waals surface area contributed by atoms with E-state index in [9.17, 15) is 8.78 Å². The Labute approximate surface area is 120 Å². The highest BCUT2D eigenvalue weighted by atomic mass is 79.9. The van der Waals surface area contributed by atoms with E-state index in [2.05, 4.69) is 25.9 Å². The minimum Gasteiger partial charge on any atom is -0.338 e. The second-order valence-corrected chi connectivity index (χ2v) is 5.25. The number of nitrogens with one attached hydrogen (secondary N) is 1. The fourth-order valence-corrected chi connectivity index (χ4v) is 2.40. The van der Waals surface area contributed by atoms with Crippen molar-refractivity contribution in [3.63, 3.8) is 0 Å². The van der Waals surface area contributed by atoms with Crippen LogP contribution in [-0.2, 0) is 0 Å². The third-order valence-electron chi connectivity index (χ3n) is 2.71. The minimum absolute atomic E-state index is 0.249. The van der Waals surface area contributed by atoms with Crippen LogP contribution in [-0.4, -0.2) is 9.97 Å². The molecule has 1 heterocycles. The van der Waals surface area contributed by atoms with Gasteiger partial charge in [-0.1, -0.05) is 11.6 Å². The van der Waals surface area contributed by atoms with Gasteiger partial charge in [0.05, 0.1) is 20.5 Å². The smallest absolute Gasteiger partial charge is 0.140 e. The van der Waals surface area contributed by atoms with Crippen molar-refractivity contribution < 1.29 is 8.78 Å². The van der Waals surface area contributed by atoms with E-state index in [1.807, 2.05) is 0 Å². The molecule has 0 saturated carbocycles. The summed E-state index contributed by atoms with van der Waals surface area (Å²) in [4.78, 5) is 7.28. The third kappa shape index (κ3) is 2.24. The van der Waals surface area contributed by atoms with Gasteiger partial charge in [-0.3, -0.25) is 0 Å². The number of H-pyrrole nitrogens is 1. The van der Waals surface area contributed by atoms with E-state index < -0.39 is 5.82 Å². The first-order valence-corrected chi connectivity index (χ1v) is 6.52. The molecule has 0 amide bonds. The second-order valence-electron chi connectivity index (χ2n) is 3.99. The fourth-order valence-electron chi connectivity index (χ4n) is 1.81. The highest BCUT2D eigenvalue weighted by molar-refractivity contribution is 9.10. The van der Waals surface area contributed by atoms with Crippen LogP contribution in [0.2, 0.25) is 5.02 Å². The molecule has 0 saturated heterocycles. The third-order valence-corrected chi connectivity index (χ3v) is 3.63. The van der Waals surface area contributed by atoms with Crippen LogP contribution in [0, 0.1) is 11.6 Å². The zero-order valence-corrected chi connectivity index (χ0v) is 11.7. The fraction of sp³-hybridized carbons (Fsp3) is 0. The lowest BCUT2D eigenvalue weighted by Gasteiger charge is -1.99. The molecule has 2 nitrogen and oxygen atoms in total. The lowest BCUT2D eigenvalue weighted by molar-refractivity contribution is 0.623. The van der Waals surface area contributed by atoms with Gasteiger partial charge in [-0.25, -0.2) is 13.8 Å². The Morgan fingerprint density at radius 1 is 1.16 bits per heavy atom. The zero-order chi connectivity index (χ0) is 13.6. The summed E-state index contributed by atoms with van der Waals surface area (Å²) in [5.41, 5.74) is 1.72. The quantitative estimate of drug-likeness (QED) is 0.667. The van der Waals surface area contributed by atoms with Gasteiger partial charge in [-0.05, 0) is 40.2 Å². The summed E-state index contributed by atoms with van der Waals surface area (Å²) in [6.45, 7) is 0. The van der Waals surface area contributed by atoms with Gasteiger partial charge >= 0.3 is 0 Å². The Morgan fingerprint density at radius 3 is 2.68 bits per heavy atom. The summed E-state index contributed by atoms with van der Waals surface area (Å²) in [7, 11) is 0. The lowest BCUT2D eigenvalue weighted by Crippen LogP contribution is -1.83. The van der Waals surface area contributed by atoms with Gasteiger partial charge in [0, 0.05) is 11.6 Å². The van der Waals surface area contributed by atoms with Crippen LogP contribution in [0.3, 0.4) is 0 Å². The zero-order valence-electron chi connectivity index (χ0n) is 9.35. The van der Waals surface area contributed by atoms with Crippen molar-refractivity contribution in [2.45, 2.75) is 0 Å². The summed E-state index contributed by atoms with van der Waals surface area (Å²) < 4.78 is 26.8. The van der Waals surface area contributed by atoms with Crippen LogP contribution < -0.4 is 0 Å². The molecule has 0 atom stereocenters.